The molecule has 1 aliphatic carbocycles. The molecule has 2 aliphatic heterocycles. The Morgan fingerprint density at radius 3 is 2.23 bits per heavy atom. The number of hydrogen-bond acceptors (Lipinski definition) is 3. The molecule has 0 bridgehead atoms. The van der Waals surface area contributed by atoms with Gasteiger partial charge in [-0.15, -0.1) is 0 Å². The van der Waals surface area contributed by atoms with Crippen LogP contribution >= 0.6 is 0 Å². The molecule has 3 nitrogen and oxygen atoms in total. The van der Waals surface area contributed by atoms with E-state index in [9.17, 15) is 17.6 Å². The Balaban J connectivity index is 1.22. The number of benzene rings is 2. The Labute approximate surface area is 179 Å². The van der Waals surface area contributed by atoms with Gasteiger partial charge in [-0.2, -0.15) is 13.2 Å². The topological polar surface area (TPSA) is 15.7 Å². The summed E-state index contributed by atoms with van der Waals surface area (Å²) in [6.45, 7) is 3.70. The lowest BCUT2D eigenvalue weighted by atomic mass is 9.76. The zero-order chi connectivity index (χ0) is 21.6. The van der Waals surface area contributed by atoms with Crippen LogP contribution in [0.15, 0.2) is 42.5 Å². The van der Waals surface area contributed by atoms with Gasteiger partial charge in [-0.25, -0.2) is 4.39 Å². The molecule has 3 aliphatic rings. The molecule has 5 rings (SSSR count). The first-order chi connectivity index (χ1) is 14.9. The summed E-state index contributed by atoms with van der Waals surface area (Å²) in [6.07, 6.45) is -0.992. The second-order valence-electron chi connectivity index (χ2n) is 8.84. The lowest BCUT2D eigenvalue weighted by Crippen LogP contribution is -2.52. The van der Waals surface area contributed by atoms with E-state index >= 15 is 0 Å². The molecule has 2 aromatic carbocycles. The third-order valence-corrected chi connectivity index (χ3v) is 7.25. The standard InChI is InChI=1S/C24H26F4N2O/c25-17-4-6-18(7-5-17)29-12-14-30(15-13-29)19-8-10-23(11-9-19)21-2-1-3-22(24(26,27)28)20(21)16-31-23/h1-7,19H,8-16H2. The summed E-state index contributed by atoms with van der Waals surface area (Å²) in [5.74, 6) is -0.225. The fourth-order valence-electron chi connectivity index (χ4n) is 5.57. The fraction of sp³-hybridized carbons (Fsp3) is 0.500. The molecule has 2 aromatic rings. The van der Waals surface area contributed by atoms with Gasteiger partial charge in [-0.1, -0.05) is 12.1 Å². The Bertz CT molecular complexity index is 928. The van der Waals surface area contributed by atoms with Gasteiger partial charge in [0.25, 0.3) is 0 Å². The average molecular weight is 434 g/mol. The third-order valence-electron chi connectivity index (χ3n) is 7.25. The molecule has 2 heterocycles. The van der Waals surface area contributed by atoms with Gasteiger partial charge >= 0.3 is 6.18 Å². The molecule has 1 saturated heterocycles. The van der Waals surface area contributed by atoms with Crippen molar-refractivity contribution in [2.45, 2.75) is 50.1 Å². The van der Waals surface area contributed by atoms with E-state index < -0.39 is 17.3 Å². The van der Waals surface area contributed by atoms with Gasteiger partial charge in [0.2, 0.25) is 0 Å². The highest BCUT2D eigenvalue weighted by Crippen LogP contribution is 2.50. The summed E-state index contributed by atoms with van der Waals surface area (Å²) >= 11 is 0. The van der Waals surface area contributed by atoms with Crippen molar-refractivity contribution >= 4 is 5.69 Å². The first kappa shape index (κ1) is 20.8. The summed E-state index contributed by atoms with van der Waals surface area (Å²) in [6, 6.07) is 11.5. The van der Waals surface area contributed by atoms with Crippen molar-refractivity contribution in [1.29, 1.82) is 0 Å². The number of fused-ring (bicyclic) bond motifs is 2. The maximum absolute atomic E-state index is 13.4. The molecule has 0 atom stereocenters. The number of hydrogen-bond donors (Lipinski definition) is 0. The van der Waals surface area contributed by atoms with Crippen molar-refractivity contribution in [3.8, 4) is 0 Å². The fourth-order valence-corrected chi connectivity index (χ4v) is 5.57. The van der Waals surface area contributed by atoms with Crippen LogP contribution in [0.3, 0.4) is 0 Å². The number of halogens is 4. The lowest BCUT2D eigenvalue weighted by Gasteiger charge is -2.45. The number of nitrogens with zero attached hydrogens (tertiary/aromatic N) is 2. The number of anilines is 1. The van der Waals surface area contributed by atoms with Gasteiger partial charge in [-0.3, -0.25) is 4.90 Å². The maximum atomic E-state index is 13.4. The predicted molar refractivity (Wildman–Crippen MR) is 110 cm³/mol. The first-order valence-electron chi connectivity index (χ1n) is 10.9. The normalized spacial score (nSPS) is 27.0. The summed E-state index contributed by atoms with van der Waals surface area (Å²) in [7, 11) is 0. The molecule has 0 aromatic heterocycles. The minimum Gasteiger partial charge on any atom is -0.369 e. The monoisotopic (exact) mass is 434 g/mol. The predicted octanol–water partition coefficient (Wildman–Crippen LogP) is 5.33. The second kappa shape index (κ2) is 7.78. The molecular formula is C24H26F4N2O. The van der Waals surface area contributed by atoms with Crippen molar-refractivity contribution < 1.29 is 22.3 Å². The molecule has 2 fully saturated rings. The van der Waals surface area contributed by atoms with Gasteiger partial charge in [0.1, 0.15) is 5.82 Å². The van der Waals surface area contributed by atoms with Gasteiger partial charge in [-0.05, 0) is 67.1 Å². The molecule has 0 N–H and O–H groups in total. The maximum Gasteiger partial charge on any atom is 0.416 e. The molecule has 0 unspecified atom stereocenters. The smallest absolute Gasteiger partial charge is 0.369 e. The third kappa shape index (κ3) is 3.82. The summed E-state index contributed by atoms with van der Waals surface area (Å²) in [4.78, 5) is 4.77. The lowest BCUT2D eigenvalue weighted by molar-refractivity contribution is -0.138. The minimum atomic E-state index is -4.35. The van der Waals surface area contributed by atoms with E-state index in [1.54, 1.807) is 0 Å². The Hall–Kier alpha value is -2.12. The Morgan fingerprint density at radius 1 is 0.903 bits per heavy atom. The molecule has 166 valence electrons. The van der Waals surface area contributed by atoms with Crippen LogP contribution in [0.5, 0.6) is 0 Å². The number of rotatable bonds is 2. The Kier molecular flexibility index (Phi) is 5.21. The SMILES string of the molecule is Fc1ccc(N2CCN(C3CCC4(CC3)OCc3c(C(F)(F)F)cccc34)CC2)cc1. The number of alkyl halides is 3. The number of ether oxygens (including phenoxy) is 1. The van der Waals surface area contributed by atoms with E-state index in [-0.39, 0.29) is 12.4 Å². The average Bonchev–Trinajstić information content (AvgIpc) is 3.12. The van der Waals surface area contributed by atoms with Gasteiger partial charge < -0.3 is 9.64 Å². The van der Waals surface area contributed by atoms with Crippen LogP contribution in [0.25, 0.3) is 0 Å². The molecule has 7 heteroatoms. The van der Waals surface area contributed by atoms with Crippen LogP contribution < -0.4 is 4.90 Å². The molecule has 0 amide bonds. The van der Waals surface area contributed by atoms with Gasteiger partial charge in [0.05, 0.1) is 17.8 Å². The molecule has 31 heavy (non-hydrogen) atoms. The van der Waals surface area contributed by atoms with Gasteiger partial charge in [0.15, 0.2) is 0 Å². The summed E-state index contributed by atoms with van der Waals surface area (Å²) in [5, 5.41) is 0. The highest BCUT2D eigenvalue weighted by Gasteiger charge is 2.47. The zero-order valence-corrected chi connectivity index (χ0v) is 17.3. The summed E-state index contributed by atoms with van der Waals surface area (Å²) in [5.41, 5.74) is 0.979. The van der Waals surface area contributed by atoms with Crippen molar-refractivity contribution in [1.82, 2.24) is 4.90 Å². The zero-order valence-electron chi connectivity index (χ0n) is 17.3. The van der Waals surface area contributed by atoms with E-state index in [1.807, 2.05) is 18.2 Å². The molecule has 1 saturated carbocycles. The van der Waals surface area contributed by atoms with Crippen molar-refractivity contribution in [2.24, 2.45) is 0 Å². The molecular weight excluding hydrogens is 408 g/mol. The van der Waals surface area contributed by atoms with Crippen LogP contribution in [0.4, 0.5) is 23.2 Å². The first-order valence-corrected chi connectivity index (χ1v) is 10.9. The summed E-state index contributed by atoms with van der Waals surface area (Å²) < 4.78 is 59.4. The highest BCUT2D eigenvalue weighted by atomic mass is 19.4. The van der Waals surface area contributed by atoms with E-state index in [1.165, 1.54) is 18.2 Å². The van der Waals surface area contributed by atoms with Crippen molar-refractivity contribution in [3.05, 3.63) is 65.0 Å². The largest absolute Gasteiger partial charge is 0.416 e. The van der Waals surface area contributed by atoms with E-state index in [2.05, 4.69) is 9.80 Å². The van der Waals surface area contributed by atoms with Crippen LogP contribution in [-0.2, 0) is 23.1 Å². The van der Waals surface area contributed by atoms with Crippen LogP contribution in [0.1, 0.15) is 42.4 Å². The van der Waals surface area contributed by atoms with Crippen molar-refractivity contribution in [3.63, 3.8) is 0 Å². The Morgan fingerprint density at radius 2 is 1.58 bits per heavy atom. The van der Waals surface area contributed by atoms with Crippen molar-refractivity contribution in [2.75, 3.05) is 31.1 Å². The van der Waals surface area contributed by atoms with E-state index in [4.69, 9.17) is 4.74 Å². The quantitative estimate of drug-likeness (QED) is 0.594. The van der Waals surface area contributed by atoms with Crippen LogP contribution in [0.2, 0.25) is 0 Å². The van der Waals surface area contributed by atoms with Gasteiger partial charge in [0, 0.05) is 37.9 Å². The second-order valence-corrected chi connectivity index (χ2v) is 8.84. The number of piperazine rings is 1. The van der Waals surface area contributed by atoms with Crippen LogP contribution in [0, 0.1) is 5.82 Å². The van der Waals surface area contributed by atoms with E-state index in [0.717, 1.165) is 69.2 Å². The molecule has 1 spiro atoms. The minimum absolute atomic E-state index is 0.0476. The van der Waals surface area contributed by atoms with E-state index in [0.29, 0.717) is 11.6 Å². The molecule has 0 radical (unpaired) electrons. The van der Waals surface area contributed by atoms with Crippen LogP contribution in [-0.4, -0.2) is 37.1 Å². The highest BCUT2D eigenvalue weighted by molar-refractivity contribution is 5.47.